The fourth-order valence-electron chi connectivity index (χ4n) is 4.41. The van der Waals surface area contributed by atoms with Crippen LogP contribution >= 0.6 is 11.6 Å². The number of benzene rings is 2. The Labute approximate surface area is 209 Å². The number of halogens is 1. The van der Waals surface area contributed by atoms with Gasteiger partial charge in [0.2, 0.25) is 15.9 Å². The minimum Gasteiger partial charge on any atom is -0.371 e. The third-order valence-electron chi connectivity index (χ3n) is 6.37. The van der Waals surface area contributed by atoms with Crippen molar-refractivity contribution >= 4 is 33.2 Å². The molecule has 0 saturated carbocycles. The summed E-state index contributed by atoms with van der Waals surface area (Å²) in [7, 11) is -3.98. The Morgan fingerprint density at radius 1 is 1.15 bits per heavy atom. The summed E-state index contributed by atoms with van der Waals surface area (Å²) in [6.45, 7) is 8.35. The third kappa shape index (κ3) is 6.32. The average molecular weight is 506 g/mol. The van der Waals surface area contributed by atoms with Crippen molar-refractivity contribution in [3.63, 3.8) is 0 Å². The van der Waals surface area contributed by atoms with Crippen LogP contribution in [0, 0.1) is 5.92 Å². The highest BCUT2D eigenvalue weighted by molar-refractivity contribution is 7.89. The van der Waals surface area contributed by atoms with Crippen molar-refractivity contribution in [1.82, 2.24) is 4.31 Å². The van der Waals surface area contributed by atoms with Crippen LogP contribution in [0.15, 0.2) is 47.4 Å². The smallest absolute Gasteiger partial charge is 0.244 e. The lowest BCUT2D eigenvalue weighted by Gasteiger charge is -2.30. The second-order valence-electron chi connectivity index (χ2n) is 9.45. The highest BCUT2D eigenvalue weighted by Gasteiger charge is 2.35. The van der Waals surface area contributed by atoms with E-state index in [1.807, 2.05) is 19.9 Å². The van der Waals surface area contributed by atoms with Gasteiger partial charge < -0.3 is 10.6 Å². The number of hydrogen-bond donors (Lipinski definition) is 1. The quantitative estimate of drug-likeness (QED) is 0.440. The van der Waals surface area contributed by atoms with Crippen molar-refractivity contribution in [2.75, 3.05) is 18.0 Å². The van der Waals surface area contributed by atoms with Crippen LogP contribution < -0.4 is 10.6 Å². The summed E-state index contributed by atoms with van der Waals surface area (Å²) in [5.74, 6) is -0.318. The van der Waals surface area contributed by atoms with Gasteiger partial charge in [0.15, 0.2) is 0 Å². The summed E-state index contributed by atoms with van der Waals surface area (Å²) in [5, 5.41) is 0.447. The number of hydrogen-bond acceptors (Lipinski definition) is 4. The van der Waals surface area contributed by atoms with Crippen LogP contribution in [0.2, 0.25) is 5.02 Å². The van der Waals surface area contributed by atoms with Crippen molar-refractivity contribution in [2.24, 2.45) is 11.7 Å². The molecule has 3 rings (SSSR count). The number of unbranched alkanes of at least 4 members (excludes halogenated alkanes) is 1. The third-order valence-corrected chi connectivity index (χ3v) is 8.49. The van der Waals surface area contributed by atoms with Gasteiger partial charge in [0.1, 0.15) is 6.04 Å². The van der Waals surface area contributed by atoms with Gasteiger partial charge in [-0.25, -0.2) is 8.42 Å². The summed E-state index contributed by atoms with van der Waals surface area (Å²) in [5.41, 5.74) is 9.05. The number of amides is 1. The number of carbonyl (C=O) groups is 1. The van der Waals surface area contributed by atoms with E-state index in [0.717, 1.165) is 37.9 Å². The van der Waals surface area contributed by atoms with Crippen molar-refractivity contribution in [3.8, 4) is 0 Å². The van der Waals surface area contributed by atoms with Crippen LogP contribution in [-0.2, 0) is 27.8 Å². The molecule has 8 heteroatoms. The summed E-state index contributed by atoms with van der Waals surface area (Å²) in [4.78, 5) is 15.0. The van der Waals surface area contributed by atoms with E-state index in [1.165, 1.54) is 27.7 Å². The van der Waals surface area contributed by atoms with E-state index < -0.39 is 22.0 Å². The number of carbonyl (C=O) groups excluding carboxylic acids is 1. The minimum absolute atomic E-state index is 0.0822. The monoisotopic (exact) mass is 505 g/mol. The van der Waals surface area contributed by atoms with Crippen LogP contribution in [0.25, 0.3) is 0 Å². The minimum atomic E-state index is -3.98. The van der Waals surface area contributed by atoms with Gasteiger partial charge in [0.05, 0.1) is 4.90 Å². The fraction of sp³-hybridized carbons (Fsp3) is 0.500. The van der Waals surface area contributed by atoms with Gasteiger partial charge in [-0.3, -0.25) is 4.79 Å². The Bertz CT molecular complexity index is 1090. The molecule has 0 bridgehead atoms. The number of nitrogens with zero attached hydrogens (tertiary/aromatic N) is 2. The maximum atomic E-state index is 13.7. The van der Waals surface area contributed by atoms with Crippen LogP contribution in [0.4, 0.5) is 5.69 Å². The molecule has 2 N–H and O–H groups in total. The molecule has 1 heterocycles. The first-order chi connectivity index (χ1) is 16.1. The van der Waals surface area contributed by atoms with E-state index in [1.54, 1.807) is 12.1 Å². The number of anilines is 1. The zero-order chi connectivity index (χ0) is 24.9. The SMILES string of the molecule is CCCCN1CCc2cc(CN([C@H](CCC(C)C)C(N)=O)S(=O)(=O)c3ccc(Cl)cc3)ccc21. The molecule has 1 atom stereocenters. The maximum absolute atomic E-state index is 13.7. The average Bonchev–Trinajstić information content (AvgIpc) is 3.19. The molecule has 0 spiro atoms. The molecule has 0 aromatic heterocycles. The maximum Gasteiger partial charge on any atom is 0.244 e. The second kappa shape index (κ2) is 11.6. The van der Waals surface area contributed by atoms with Gasteiger partial charge in [0, 0.05) is 30.3 Å². The first kappa shape index (κ1) is 26.5. The van der Waals surface area contributed by atoms with Gasteiger partial charge in [0.25, 0.3) is 0 Å². The van der Waals surface area contributed by atoms with E-state index in [9.17, 15) is 13.2 Å². The van der Waals surface area contributed by atoms with E-state index in [2.05, 4.69) is 24.0 Å². The number of fused-ring (bicyclic) bond motifs is 1. The Morgan fingerprint density at radius 3 is 2.47 bits per heavy atom. The zero-order valence-electron chi connectivity index (χ0n) is 20.3. The second-order valence-corrected chi connectivity index (χ2v) is 11.8. The van der Waals surface area contributed by atoms with E-state index in [-0.39, 0.29) is 11.4 Å². The van der Waals surface area contributed by atoms with Gasteiger partial charge >= 0.3 is 0 Å². The summed E-state index contributed by atoms with van der Waals surface area (Å²) in [6.07, 6.45) is 4.28. The number of primary amides is 1. The van der Waals surface area contributed by atoms with Crippen molar-refractivity contribution in [1.29, 1.82) is 0 Å². The molecule has 6 nitrogen and oxygen atoms in total. The van der Waals surface area contributed by atoms with Crippen LogP contribution in [0.5, 0.6) is 0 Å². The molecule has 1 aliphatic rings. The number of sulfonamides is 1. The largest absolute Gasteiger partial charge is 0.371 e. The van der Waals surface area contributed by atoms with E-state index >= 15 is 0 Å². The topological polar surface area (TPSA) is 83.7 Å². The van der Waals surface area contributed by atoms with Crippen molar-refractivity contribution in [3.05, 3.63) is 58.6 Å². The molecule has 2 aromatic carbocycles. The predicted molar refractivity (Wildman–Crippen MR) is 139 cm³/mol. The first-order valence-electron chi connectivity index (χ1n) is 12.1. The Hall–Kier alpha value is -2.09. The summed E-state index contributed by atoms with van der Waals surface area (Å²) in [6, 6.07) is 11.2. The predicted octanol–water partition coefficient (Wildman–Crippen LogP) is 4.98. The van der Waals surface area contributed by atoms with Gasteiger partial charge in [-0.2, -0.15) is 4.31 Å². The highest BCUT2D eigenvalue weighted by Crippen LogP contribution is 2.31. The first-order valence-corrected chi connectivity index (χ1v) is 13.9. The van der Waals surface area contributed by atoms with Gasteiger partial charge in [-0.05, 0) is 73.1 Å². The highest BCUT2D eigenvalue weighted by atomic mass is 35.5. The van der Waals surface area contributed by atoms with Crippen molar-refractivity contribution < 1.29 is 13.2 Å². The molecule has 0 saturated heterocycles. The fourth-order valence-corrected chi connectivity index (χ4v) is 6.15. The zero-order valence-corrected chi connectivity index (χ0v) is 21.9. The molecule has 0 aliphatic carbocycles. The Kier molecular flexibility index (Phi) is 9.01. The van der Waals surface area contributed by atoms with E-state index in [4.69, 9.17) is 17.3 Å². The number of nitrogens with two attached hydrogens (primary N) is 1. The van der Waals surface area contributed by atoms with Crippen LogP contribution in [0.3, 0.4) is 0 Å². The molecule has 1 aliphatic heterocycles. The lowest BCUT2D eigenvalue weighted by atomic mass is 10.0. The molecular weight excluding hydrogens is 470 g/mol. The van der Waals surface area contributed by atoms with Gasteiger partial charge in [-0.1, -0.05) is 50.9 Å². The van der Waals surface area contributed by atoms with E-state index in [0.29, 0.717) is 23.8 Å². The lowest BCUT2D eigenvalue weighted by molar-refractivity contribution is -0.122. The molecule has 2 aromatic rings. The summed E-state index contributed by atoms with van der Waals surface area (Å²) >= 11 is 5.98. The lowest BCUT2D eigenvalue weighted by Crippen LogP contribution is -2.47. The summed E-state index contributed by atoms with van der Waals surface area (Å²) < 4.78 is 28.7. The van der Waals surface area contributed by atoms with Crippen molar-refractivity contribution in [2.45, 2.75) is 70.4 Å². The van der Waals surface area contributed by atoms with Gasteiger partial charge in [-0.15, -0.1) is 0 Å². The molecule has 0 fully saturated rings. The van der Waals surface area contributed by atoms with Crippen LogP contribution in [0.1, 0.15) is 57.6 Å². The molecular formula is C26H36ClN3O3S. The Morgan fingerprint density at radius 2 is 1.85 bits per heavy atom. The van der Waals surface area contributed by atoms with Crippen LogP contribution in [-0.4, -0.2) is 37.8 Å². The molecule has 34 heavy (non-hydrogen) atoms. The molecule has 0 unspecified atom stereocenters. The molecule has 0 radical (unpaired) electrons. The number of rotatable bonds is 12. The molecule has 186 valence electrons. The normalized spacial score (nSPS) is 14.6. The molecule has 1 amide bonds. The standard InChI is InChI=1S/C26H36ClN3O3S/c1-4-5-15-29-16-14-21-17-20(7-13-24(21)29)18-30(25(26(28)31)12-6-19(2)3)34(32,33)23-10-8-22(27)9-11-23/h7-11,13,17,19,25H,4-6,12,14-16,18H2,1-3H3,(H2,28,31)/t25-/m1/s1. The Balaban J connectivity index is 1.95.